The van der Waals surface area contributed by atoms with Crippen LogP contribution in [0.3, 0.4) is 0 Å². The molecular formula is C14H15FN2OS. The average molecular weight is 278 g/mol. The van der Waals surface area contributed by atoms with E-state index in [1.165, 1.54) is 12.1 Å². The van der Waals surface area contributed by atoms with E-state index in [0.29, 0.717) is 0 Å². The molecule has 3 nitrogen and oxygen atoms in total. The Balaban J connectivity index is 3.07. The van der Waals surface area contributed by atoms with E-state index in [9.17, 15) is 8.94 Å². The molecule has 1 N–H and O–H groups in total. The first-order valence-electron chi connectivity index (χ1n) is 5.64. The fraction of sp³-hybridized carbons (Fsp3) is 0.357. The summed E-state index contributed by atoms with van der Waals surface area (Å²) in [7, 11) is 0. The molecule has 1 unspecified atom stereocenters. The van der Waals surface area contributed by atoms with E-state index in [-0.39, 0.29) is 11.1 Å². The van der Waals surface area contributed by atoms with Crippen LogP contribution < -0.4 is 4.72 Å². The summed E-state index contributed by atoms with van der Waals surface area (Å²) < 4.78 is 28.2. The second-order valence-electron chi connectivity index (χ2n) is 4.92. The van der Waals surface area contributed by atoms with Gasteiger partial charge < -0.3 is 4.55 Å². The molecule has 0 spiro atoms. The molecule has 0 heterocycles. The maximum absolute atomic E-state index is 14.0. The number of terminal acetylenes is 1. The molecule has 2 atom stereocenters. The Morgan fingerprint density at radius 3 is 2.58 bits per heavy atom. The molecule has 0 amide bonds. The first-order chi connectivity index (χ1) is 8.81. The van der Waals surface area contributed by atoms with Gasteiger partial charge in [-0.3, -0.25) is 0 Å². The Morgan fingerprint density at radius 2 is 2.11 bits per heavy atom. The second kappa shape index (κ2) is 6.08. The zero-order valence-electron chi connectivity index (χ0n) is 11.0. The van der Waals surface area contributed by atoms with E-state index in [1.807, 2.05) is 0 Å². The molecule has 1 aromatic rings. The second-order valence-corrected chi connectivity index (χ2v) is 6.92. The predicted molar refractivity (Wildman–Crippen MR) is 73.7 cm³/mol. The number of hydrogen-bond acceptors (Lipinski definition) is 3. The third-order valence-electron chi connectivity index (χ3n) is 2.41. The lowest BCUT2D eigenvalue weighted by Gasteiger charge is -2.26. The third-order valence-corrected chi connectivity index (χ3v) is 3.97. The number of nitrogens with zero attached hydrogens (tertiary/aromatic N) is 1. The van der Waals surface area contributed by atoms with Crippen LogP contribution in [-0.2, 0) is 11.4 Å². The summed E-state index contributed by atoms with van der Waals surface area (Å²) in [6.45, 7) is 5.35. The molecule has 0 saturated carbocycles. The van der Waals surface area contributed by atoms with E-state index < -0.39 is 28.0 Å². The van der Waals surface area contributed by atoms with Crippen molar-refractivity contribution < 1.29 is 8.94 Å². The van der Waals surface area contributed by atoms with Crippen molar-refractivity contribution in [2.24, 2.45) is 0 Å². The van der Waals surface area contributed by atoms with Gasteiger partial charge in [0, 0.05) is 16.9 Å². The monoisotopic (exact) mass is 278 g/mol. The smallest absolute Gasteiger partial charge is 0.146 e. The highest BCUT2D eigenvalue weighted by atomic mass is 32.2. The van der Waals surface area contributed by atoms with Gasteiger partial charge in [0.05, 0.1) is 5.56 Å². The van der Waals surface area contributed by atoms with Crippen LogP contribution in [0.15, 0.2) is 18.2 Å². The molecule has 0 radical (unpaired) electrons. The third kappa shape index (κ3) is 3.71. The van der Waals surface area contributed by atoms with Crippen LogP contribution in [0.4, 0.5) is 4.39 Å². The number of halogens is 1. The molecule has 0 bridgehead atoms. The van der Waals surface area contributed by atoms with Gasteiger partial charge in [0.2, 0.25) is 0 Å². The quantitative estimate of drug-likeness (QED) is 0.682. The predicted octanol–water partition coefficient (Wildman–Crippen LogP) is 2.42. The molecule has 0 aliphatic heterocycles. The van der Waals surface area contributed by atoms with Gasteiger partial charge in [-0.15, -0.1) is 11.1 Å². The van der Waals surface area contributed by atoms with Crippen LogP contribution in [0, 0.1) is 29.5 Å². The molecule has 100 valence electrons. The van der Waals surface area contributed by atoms with Gasteiger partial charge in [0.1, 0.15) is 22.7 Å². The highest BCUT2D eigenvalue weighted by Crippen LogP contribution is 2.23. The van der Waals surface area contributed by atoms with E-state index >= 15 is 0 Å². The van der Waals surface area contributed by atoms with Gasteiger partial charge in [-0.2, -0.15) is 5.26 Å². The van der Waals surface area contributed by atoms with Crippen molar-refractivity contribution in [2.75, 3.05) is 0 Å². The minimum Gasteiger partial charge on any atom is -0.598 e. The highest BCUT2D eigenvalue weighted by Gasteiger charge is 2.30. The van der Waals surface area contributed by atoms with E-state index in [1.54, 1.807) is 32.9 Å². The Labute approximate surface area is 116 Å². The van der Waals surface area contributed by atoms with Gasteiger partial charge in [-0.25, -0.2) is 4.39 Å². The Hall–Kier alpha value is -1.53. The zero-order valence-corrected chi connectivity index (χ0v) is 11.8. The molecule has 1 aromatic carbocycles. The van der Waals surface area contributed by atoms with Crippen LogP contribution in [0.2, 0.25) is 0 Å². The summed E-state index contributed by atoms with van der Waals surface area (Å²) in [6, 6.07) is 5.30. The summed E-state index contributed by atoms with van der Waals surface area (Å²) in [5.74, 6) is 1.69. The van der Waals surface area contributed by atoms with Gasteiger partial charge in [0.25, 0.3) is 0 Å². The van der Waals surface area contributed by atoms with E-state index in [2.05, 4.69) is 10.6 Å². The number of benzene rings is 1. The summed E-state index contributed by atoms with van der Waals surface area (Å²) in [5.41, 5.74) is 0.0697. The van der Waals surface area contributed by atoms with Gasteiger partial charge in [0.15, 0.2) is 0 Å². The number of nitrogens with one attached hydrogen (secondary N) is 1. The number of hydrogen-bond donors (Lipinski definition) is 1. The molecule has 0 saturated heterocycles. The normalized spacial score (nSPS) is 14.3. The average Bonchev–Trinajstić information content (AvgIpc) is 2.35. The van der Waals surface area contributed by atoms with Crippen molar-refractivity contribution in [3.63, 3.8) is 0 Å². The topological polar surface area (TPSA) is 58.9 Å². The Morgan fingerprint density at radius 1 is 1.47 bits per heavy atom. The van der Waals surface area contributed by atoms with Crippen LogP contribution in [-0.4, -0.2) is 9.30 Å². The fourth-order valence-electron chi connectivity index (χ4n) is 1.33. The molecule has 0 aliphatic rings. The SMILES string of the molecule is C#C[C@@H](N[S+]([O-])C(C)(C)C)c1cccc(C#N)c1F. The minimum absolute atomic E-state index is 0.0823. The van der Waals surface area contributed by atoms with E-state index in [0.717, 1.165) is 0 Å². The maximum Gasteiger partial charge on any atom is 0.146 e. The van der Waals surface area contributed by atoms with Crippen molar-refractivity contribution in [3.8, 4) is 18.4 Å². The summed E-state index contributed by atoms with van der Waals surface area (Å²) in [4.78, 5) is 0. The van der Waals surface area contributed by atoms with Gasteiger partial charge in [-0.1, -0.05) is 18.1 Å². The summed E-state index contributed by atoms with van der Waals surface area (Å²) >= 11 is -1.43. The number of rotatable bonds is 3. The molecule has 0 fully saturated rings. The number of nitriles is 1. The van der Waals surface area contributed by atoms with Gasteiger partial charge in [-0.05, 0) is 26.8 Å². The van der Waals surface area contributed by atoms with Gasteiger partial charge >= 0.3 is 0 Å². The molecule has 19 heavy (non-hydrogen) atoms. The van der Waals surface area contributed by atoms with Crippen LogP contribution in [0.25, 0.3) is 0 Å². The van der Waals surface area contributed by atoms with E-state index in [4.69, 9.17) is 11.7 Å². The highest BCUT2D eigenvalue weighted by molar-refractivity contribution is 7.90. The lowest BCUT2D eigenvalue weighted by Crippen LogP contribution is -2.41. The lowest BCUT2D eigenvalue weighted by atomic mass is 10.0. The van der Waals surface area contributed by atoms with Crippen molar-refractivity contribution in [1.82, 2.24) is 4.72 Å². The molecule has 0 aliphatic carbocycles. The largest absolute Gasteiger partial charge is 0.598 e. The van der Waals surface area contributed by atoms with Crippen molar-refractivity contribution in [2.45, 2.75) is 31.6 Å². The molecule has 0 aromatic heterocycles. The molecule has 1 rings (SSSR count). The molecule has 5 heteroatoms. The first-order valence-corrected chi connectivity index (χ1v) is 6.79. The lowest BCUT2D eigenvalue weighted by molar-refractivity contribution is 0.533. The standard InChI is InChI=1S/C14H15FN2OS/c1-5-12(17-19(18)14(2,3)4)11-8-6-7-10(9-16)13(11)15/h1,6-8,12,17H,2-4H3/t12-,19?/m1/s1. The van der Waals surface area contributed by atoms with Crippen molar-refractivity contribution in [3.05, 3.63) is 35.1 Å². The Bertz CT molecular complexity index is 540. The molecular weight excluding hydrogens is 263 g/mol. The fourth-order valence-corrected chi connectivity index (χ4v) is 2.09. The minimum atomic E-state index is -1.43. The van der Waals surface area contributed by atoms with Crippen LogP contribution in [0.5, 0.6) is 0 Å². The first kappa shape index (κ1) is 15.5. The van der Waals surface area contributed by atoms with Crippen LogP contribution in [0.1, 0.15) is 37.9 Å². The van der Waals surface area contributed by atoms with Crippen molar-refractivity contribution >= 4 is 11.4 Å². The zero-order chi connectivity index (χ0) is 14.6. The summed E-state index contributed by atoms with van der Waals surface area (Å²) in [6.07, 6.45) is 5.36. The van der Waals surface area contributed by atoms with Crippen molar-refractivity contribution in [1.29, 1.82) is 5.26 Å². The van der Waals surface area contributed by atoms with Crippen LogP contribution >= 0.6 is 0 Å². The summed E-state index contributed by atoms with van der Waals surface area (Å²) in [5, 5.41) is 8.79. The maximum atomic E-state index is 14.0. The Kier molecular flexibility index (Phi) is 4.97.